The van der Waals surface area contributed by atoms with Crippen LogP contribution in [0.1, 0.15) is 29.8 Å². The minimum Gasteiger partial charge on any atom is -0.469 e. The molecule has 0 aliphatic rings. The summed E-state index contributed by atoms with van der Waals surface area (Å²) in [5, 5.41) is 7.01. The minimum atomic E-state index is -0.320. The Hall–Kier alpha value is -1.85. The number of methoxy groups -OCH3 is 1. The first-order chi connectivity index (χ1) is 8.95. The third kappa shape index (κ3) is 4.39. The molecule has 0 saturated carbocycles. The lowest BCUT2D eigenvalue weighted by atomic mass is 10.1. The standard InChI is InChI=1S/C13H21N3O3/c1-9-11(10(2)16(3)15-9)5-6-12(17)14-8-7-13(18)19-4/h5-8H2,1-4H3,(H,14,17). The fourth-order valence-electron chi connectivity index (χ4n) is 1.91. The van der Waals surface area contributed by atoms with Crippen LogP contribution >= 0.6 is 0 Å². The van der Waals surface area contributed by atoms with Crippen molar-refractivity contribution in [3.8, 4) is 0 Å². The predicted molar refractivity (Wildman–Crippen MR) is 70.6 cm³/mol. The topological polar surface area (TPSA) is 73.2 Å². The van der Waals surface area contributed by atoms with E-state index < -0.39 is 0 Å². The van der Waals surface area contributed by atoms with Crippen LogP contribution in [0.2, 0.25) is 0 Å². The van der Waals surface area contributed by atoms with Gasteiger partial charge in [0.2, 0.25) is 5.91 Å². The van der Waals surface area contributed by atoms with Crippen LogP contribution in [0.25, 0.3) is 0 Å². The van der Waals surface area contributed by atoms with Crippen molar-refractivity contribution in [2.45, 2.75) is 33.1 Å². The van der Waals surface area contributed by atoms with Gasteiger partial charge in [0.25, 0.3) is 0 Å². The van der Waals surface area contributed by atoms with E-state index in [4.69, 9.17) is 0 Å². The van der Waals surface area contributed by atoms with E-state index in [2.05, 4.69) is 15.2 Å². The lowest BCUT2D eigenvalue weighted by Crippen LogP contribution is -2.26. The molecule has 0 radical (unpaired) electrons. The van der Waals surface area contributed by atoms with Gasteiger partial charge in [-0.2, -0.15) is 5.10 Å². The molecule has 106 valence electrons. The molecule has 0 saturated heterocycles. The number of aryl methyl sites for hydroxylation is 2. The summed E-state index contributed by atoms with van der Waals surface area (Å²) in [5.41, 5.74) is 3.16. The number of nitrogens with zero attached hydrogens (tertiary/aromatic N) is 2. The SMILES string of the molecule is COC(=O)CCNC(=O)CCc1c(C)nn(C)c1C. The van der Waals surface area contributed by atoms with E-state index >= 15 is 0 Å². The maximum atomic E-state index is 11.6. The monoisotopic (exact) mass is 267 g/mol. The van der Waals surface area contributed by atoms with Crippen LogP contribution in [-0.4, -0.2) is 35.3 Å². The van der Waals surface area contributed by atoms with Crippen molar-refractivity contribution in [2.24, 2.45) is 7.05 Å². The van der Waals surface area contributed by atoms with E-state index in [1.54, 1.807) is 0 Å². The summed E-state index contributed by atoms with van der Waals surface area (Å²) < 4.78 is 6.31. The number of hydrogen-bond donors (Lipinski definition) is 1. The number of hydrogen-bond acceptors (Lipinski definition) is 4. The average Bonchev–Trinajstić information content (AvgIpc) is 2.61. The first-order valence-electron chi connectivity index (χ1n) is 6.28. The second kappa shape index (κ2) is 6.92. The van der Waals surface area contributed by atoms with Crippen LogP contribution < -0.4 is 5.32 Å². The molecule has 6 heteroatoms. The molecule has 1 amide bonds. The number of aromatic nitrogens is 2. The molecule has 1 rings (SSSR count). The fourth-order valence-corrected chi connectivity index (χ4v) is 1.91. The summed E-state index contributed by atoms with van der Waals surface area (Å²) in [6.07, 6.45) is 1.26. The number of esters is 1. The Bertz CT molecular complexity index is 466. The molecule has 0 aliphatic carbocycles. The minimum absolute atomic E-state index is 0.0634. The van der Waals surface area contributed by atoms with Crippen molar-refractivity contribution in [3.05, 3.63) is 17.0 Å². The van der Waals surface area contributed by atoms with Gasteiger partial charge in [0, 0.05) is 25.7 Å². The van der Waals surface area contributed by atoms with E-state index in [0.29, 0.717) is 19.4 Å². The van der Waals surface area contributed by atoms with Gasteiger partial charge < -0.3 is 10.1 Å². The largest absolute Gasteiger partial charge is 0.469 e. The number of carbonyl (C=O) groups is 2. The van der Waals surface area contributed by atoms with Crippen molar-refractivity contribution >= 4 is 11.9 Å². The molecule has 6 nitrogen and oxygen atoms in total. The van der Waals surface area contributed by atoms with E-state index in [-0.39, 0.29) is 18.3 Å². The molecule has 0 aromatic carbocycles. The Morgan fingerprint density at radius 2 is 2.00 bits per heavy atom. The fraction of sp³-hybridized carbons (Fsp3) is 0.615. The molecule has 1 heterocycles. The average molecular weight is 267 g/mol. The Morgan fingerprint density at radius 1 is 1.32 bits per heavy atom. The van der Waals surface area contributed by atoms with Crippen LogP contribution in [0.15, 0.2) is 0 Å². The zero-order valence-electron chi connectivity index (χ0n) is 11.9. The quantitative estimate of drug-likeness (QED) is 0.768. The summed E-state index contributed by atoms with van der Waals surface area (Å²) in [4.78, 5) is 22.5. The smallest absolute Gasteiger partial charge is 0.307 e. The van der Waals surface area contributed by atoms with Gasteiger partial charge >= 0.3 is 5.97 Å². The summed E-state index contributed by atoms with van der Waals surface area (Å²) in [5.74, 6) is -0.384. The van der Waals surface area contributed by atoms with Crippen molar-refractivity contribution in [1.29, 1.82) is 0 Å². The molecule has 0 unspecified atom stereocenters. The highest BCUT2D eigenvalue weighted by atomic mass is 16.5. The first kappa shape index (κ1) is 15.2. The maximum Gasteiger partial charge on any atom is 0.307 e. The number of nitrogens with one attached hydrogen (secondary N) is 1. The molecular formula is C13H21N3O3. The highest BCUT2D eigenvalue weighted by Crippen LogP contribution is 2.13. The molecule has 0 spiro atoms. The van der Waals surface area contributed by atoms with E-state index in [0.717, 1.165) is 17.0 Å². The van der Waals surface area contributed by atoms with Gasteiger partial charge in [-0.3, -0.25) is 14.3 Å². The number of rotatable bonds is 6. The van der Waals surface area contributed by atoms with Gasteiger partial charge in [-0.05, 0) is 25.8 Å². The molecule has 0 fully saturated rings. The van der Waals surface area contributed by atoms with Crippen LogP contribution in [0, 0.1) is 13.8 Å². The maximum absolute atomic E-state index is 11.6. The third-order valence-electron chi connectivity index (χ3n) is 3.14. The van der Waals surface area contributed by atoms with Crippen LogP contribution in [0.4, 0.5) is 0 Å². The van der Waals surface area contributed by atoms with E-state index in [1.807, 2.05) is 25.6 Å². The Balaban J connectivity index is 2.36. The Morgan fingerprint density at radius 3 is 2.53 bits per heavy atom. The molecule has 1 N–H and O–H groups in total. The zero-order chi connectivity index (χ0) is 14.4. The van der Waals surface area contributed by atoms with Gasteiger partial charge in [0.15, 0.2) is 0 Å². The molecule has 1 aromatic rings. The zero-order valence-corrected chi connectivity index (χ0v) is 11.9. The van der Waals surface area contributed by atoms with Gasteiger partial charge in [-0.15, -0.1) is 0 Å². The summed E-state index contributed by atoms with van der Waals surface area (Å²) in [6, 6.07) is 0. The predicted octanol–water partition coefficient (Wildman–Crippen LogP) is 0.649. The van der Waals surface area contributed by atoms with Gasteiger partial charge in [-0.25, -0.2) is 0 Å². The van der Waals surface area contributed by atoms with Crippen LogP contribution in [-0.2, 0) is 27.8 Å². The summed E-state index contributed by atoms with van der Waals surface area (Å²) >= 11 is 0. The summed E-state index contributed by atoms with van der Waals surface area (Å²) in [6.45, 7) is 4.25. The number of ether oxygens (including phenoxy) is 1. The highest BCUT2D eigenvalue weighted by Gasteiger charge is 2.11. The Kier molecular flexibility index (Phi) is 5.54. The van der Waals surface area contributed by atoms with Crippen LogP contribution in [0.5, 0.6) is 0 Å². The molecule has 1 aromatic heterocycles. The molecule has 0 bridgehead atoms. The van der Waals surface area contributed by atoms with Crippen LogP contribution in [0.3, 0.4) is 0 Å². The van der Waals surface area contributed by atoms with Crippen molar-refractivity contribution in [2.75, 3.05) is 13.7 Å². The van der Waals surface area contributed by atoms with Gasteiger partial charge in [0.1, 0.15) is 0 Å². The van der Waals surface area contributed by atoms with E-state index in [9.17, 15) is 9.59 Å². The second-order valence-electron chi connectivity index (χ2n) is 4.45. The van der Waals surface area contributed by atoms with Gasteiger partial charge in [0.05, 0.1) is 19.2 Å². The molecular weight excluding hydrogens is 246 g/mol. The highest BCUT2D eigenvalue weighted by molar-refractivity contribution is 5.77. The molecule has 0 aliphatic heterocycles. The van der Waals surface area contributed by atoms with Crippen molar-refractivity contribution in [1.82, 2.24) is 15.1 Å². The second-order valence-corrected chi connectivity index (χ2v) is 4.45. The summed E-state index contributed by atoms with van der Waals surface area (Å²) in [7, 11) is 3.22. The lowest BCUT2D eigenvalue weighted by molar-refractivity contribution is -0.140. The number of amides is 1. The first-order valence-corrected chi connectivity index (χ1v) is 6.28. The Labute approximate surface area is 113 Å². The lowest BCUT2D eigenvalue weighted by Gasteiger charge is -2.05. The normalized spacial score (nSPS) is 10.3. The van der Waals surface area contributed by atoms with Crippen molar-refractivity contribution < 1.29 is 14.3 Å². The third-order valence-corrected chi connectivity index (χ3v) is 3.14. The number of carbonyl (C=O) groups excluding carboxylic acids is 2. The van der Waals surface area contributed by atoms with E-state index in [1.165, 1.54) is 7.11 Å². The van der Waals surface area contributed by atoms with Gasteiger partial charge in [-0.1, -0.05) is 0 Å². The van der Waals surface area contributed by atoms with Crippen molar-refractivity contribution in [3.63, 3.8) is 0 Å². The molecule has 0 atom stereocenters. The molecule has 19 heavy (non-hydrogen) atoms.